The predicted molar refractivity (Wildman–Crippen MR) is 43.4 cm³/mol. The molecule has 0 radical (unpaired) electrons. The van der Waals surface area contributed by atoms with Crippen LogP contribution in [0.15, 0.2) is 0 Å². The summed E-state index contributed by atoms with van der Waals surface area (Å²) < 4.78 is 0. The van der Waals surface area contributed by atoms with Crippen molar-refractivity contribution >= 4 is 0 Å². The highest BCUT2D eigenvalue weighted by Gasteiger charge is 2.06. The van der Waals surface area contributed by atoms with Crippen LogP contribution in [0.2, 0.25) is 0 Å². The van der Waals surface area contributed by atoms with Crippen LogP contribution < -0.4 is 0 Å². The Morgan fingerprint density at radius 1 is 1.18 bits per heavy atom. The minimum absolute atomic E-state index is 0.0948. The quantitative estimate of drug-likeness (QED) is 0.618. The predicted octanol–water partition coefficient (Wildman–Crippen LogP) is 2.48. The molecule has 0 bridgehead atoms. The van der Waals surface area contributed by atoms with Gasteiger partial charge in [0.1, 0.15) is 0 Å². The Labute approximate surface area is 68.4 Å². The number of hydrogen-bond acceptors (Lipinski definition) is 2. The maximum Gasteiger partial charge on any atom is 0.0655 e. The van der Waals surface area contributed by atoms with Gasteiger partial charge in [0.25, 0.3) is 0 Å². The average molecular weight is 150 g/mol. The molecule has 0 aliphatic heterocycles. The Morgan fingerprint density at radius 2 is 1.82 bits per heavy atom. The van der Waals surface area contributed by atoms with Gasteiger partial charge in [0.05, 0.1) is 12.1 Å². The van der Waals surface area contributed by atoms with Crippen LogP contribution in [-0.4, -0.2) is 0 Å². The first-order chi connectivity index (χ1) is 5.24. The largest absolute Gasteiger partial charge is 0.198 e. The zero-order chi connectivity index (χ0) is 8.69. The zero-order valence-electron chi connectivity index (χ0n) is 7.17. The fraction of sp³-hybridized carbons (Fsp3) is 0.778. The van der Waals surface area contributed by atoms with E-state index in [2.05, 4.69) is 12.1 Å². The second kappa shape index (κ2) is 5.74. The molecule has 2 unspecified atom stereocenters. The highest BCUT2D eigenvalue weighted by atomic mass is 14.3. The van der Waals surface area contributed by atoms with Crippen LogP contribution in [0.3, 0.4) is 0 Å². The van der Waals surface area contributed by atoms with E-state index in [4.69, 9.17) is 10.5 Å². The summed E-state index contributed by atoms with van der Waals surface area (Å²) in [4.78, 5) is 0. The maximum atomic E-state index is 8.58. The number of nitrogens with zero attached hydrogens (tertiary/aromatic N) is 2. The zero-order valence-corrected chi connectivity index (χ0v) is 7.17. The highest BCUT2D eigenvalue weighted by molar-refractivity contribution is 4.85. The van der Waals surface area contributed by atoms with Gasteiger partial charge in [-0.15, -0.1) is 0 Å². The van der Waals surface area contributed by atoms with E-state index in [0.717, 1.165) is 19.3 Å². The molecule has 0 saturated carbocycles. The first-order valence-corrected chi connectivity index (χ1v) is 4.03. The van der Waals surface area contributed by atoms with Crippen molar-refractivity contribution in [3.05, 3.63) is 0 Å². The van der Waals surface area contributed by atoms with Gasteiger partial charge in [-0.2, -0.15) is 10.5 Å². The molecule has 0 spiro atoms. The van der Waals surface area contributed by atoms with E-state index in [1.165, 1.54) is 0 Å². The Kier molecular flexibility index (Phi) is 5.21. The highest BCUT2D eigenvalue weighted by Crippen LogP contribution is 2.13. The van der Waals surface area contributed by atoms with Gasteiger partial charge < -0.3 is 0 Å². The molecule has 0 heterocycles. The van der Waals surface area contributed by atoms with Crippen molar-refractivity contribution < 1.29 is 0 Å². The molecule has 60 valence electrons. The first-order valence-electron chi connectivity index (χ1n) is 4.03. The lowest BCUT2D eigenvalue weighted by atomic mass is 9.97. The number of rotatable bonds is 4. The number of hydrogen-bond donors (Lipinski definition) is 0. The second-order valence-electron chi connectivity index (χ2n) is 2.84. The molecule has 0 fully saturated rings. The smallest absolute Gasteiger partial charge is 0.0655 e. The summed E-state index contributed by atoms with van der Waals surface area (Å²) in [6.45, 7) is 3.90. The molecule has 0 N–H and O–H groups in total. The fourth-order valence-corrected chi connectivity index (χ4v) is 0.876. The first kappa shape index (κ1) is 9.98. The standard InChI is InChI=1S/C9H14N2/c1-3-9(7-11)5-4-8(2)6-10/h8-9H,3-5H2,1-2H3. The number of nitriles is 2. The third-order valence-corrected chi connectivity index (χ3v) is 1.84. The summed E-state index contributed by atoms with van der Waals surface area (Å²) in [6, 6.07) is 4.38. The van der Waals surface area contributed by atoms with Crippen LogP contribution in [0.25, 0.3) is 0 Å². The van der Waals surface area contributed by atoms with Crippen molar-refractivity contribution in [3.8, 4) is 12.1 Å². The van der Waals surface area contributed by atoms with Gasteiger partial charge in [-0.25, -0.2) is 0 Å². The van der Waals surface area contributed by atoms with E-state index >= 15 is 0 Å². The van der Waals surface area contributed by atoms with Gasteiger partial charge in [-0.3, -0.25) is 0 Å². The lowest BCUT2D eigenvalue weighted by Gasteiger charge is -2.05. The van der Waals surface area contributed by atoms with Gasteiger partial charge in [0.2, 0.25) is 0 Å². The Hall–Kier alpha value is -1.02. The Morgan fingerprint density at radius 3 is 2.18 bits per heavy atom. The van der Waals surface area contributed by atoms with Gasteiger partial charge >= 0.3 is 0 Å². The molecule has 0 aromatic rings. The summed E-state index contributed by atoms with van der Waals surface area (Å²) in [5.41, 5.74) is 0. The van der Waals surface area contributed by atoms with Crippen molar-refractivity contribution in [2.24, 2.45) is 11.8 Å². The van der Waals surface area contributed by atoms with Crippen LogP contribution >= 0.6 is 0 Å². The molecule has 0 aromatic carbocycles. The summed E-state index contributed by atoms with van der Waals surface area (Å²) in [5, 5.41) is 17.0. The van der Waals surface area contributed by atoms with Gasteiger partial charge in [0, 0.05) is 11.8 Å². The van der Waals surface area contributed by atoms with Gasteiger partial charge in [-0.05, 0) is 26.2 Å². The summed E-state index contributed by atoms with van der Waals surface area (Å²) in [6.07, 6.45) is 2.61. The minimum Gasteiger partial charge on any atom is -0.198 e. The summed E-state index contributed by atoms with van der Waals surface area (Å²) in [5.74, 6) is 0.239. The van der Waals surface area contributed by atoms with Gasteiger partial charge in [-0.1, -0.05) is 6.92 Å². The molecule has 0 amide bonds. The Balaban J connectivity index is 3.54. The maximum absolute atomic E-state index is 8.58. The van der Waals surface area contributed by atoms with E-state index < -0.39 is 0 Å². The second-order valence-corrected chi connectivity index (χ2v) is 2.84. The fourth-order valence-electron chi connectivity index (χ4n) is 0.876. The van der Waals surface area contributed by atoms with Crippen molar-refractivity contribution in [2.45, 2.75) is 33.1 Å². The Bertz CT molecular complexity index is 173. The lowest BCUT2D eigenvalue weighted by Crippen LogP contribution is -1.98. The van der Waals surface area contributed by atoms with E-state index in [0.29, 0.717) is 0 Å². The molecule has 2 atom stereocenters. The van der Waals surface area contributed by atoms with E-state index in [9.17, 15) is 0 Å². The molecular weight excluding hydrogens is 136 g/mol. The van der Waals surface area contributed by atoms with Crippen LogP contribution in [0.4, 0.5) is 0 Å². The third kappa shape index (κ3) is 4.39. The molecule has 0 aromatic heterocycles. The van der Waals surface area contributed by atoms with Crippen LogP contribution in [0.5, 0.6) is 0 Å². The lowest BCUT2D eigenvalue weighted by molar-refractivity contribution is 0.510. The monoisotopic (exact) mass is 150 g/mol. The molecule has 0 saturated heterocycles. The normalized spacial score (nSPS) is 14.5. The van der Waals surface area contributed by atoms with Crippen LogP contribution in [0.1, 0.15) is 33.1 Å². The molecule has 2 nitrogen and oxygen atoms in total. The molecule has 0 aliphatic rings. The molecule has 0 aliphatic carbocycles. The van der Waals surface area contributed by atoms with Gasteiger partial charge in [0.15, 0.2) is 0 Å². The van der Waals surface area contributed by atoms with Crippen molar-refractivity contribution in [2.75, 3.05) is 0 Å². The molecular formula is C9H14N2. The van der Waals surface area contributed by atoms with Crippen molar-refractivity contribution in [3.63, 3.8) is 0 Å². The van der Waals surface area contributed by atoms with Crippen molar-refractivity contribution in [1.29, 1.82) is 10.5 Å². The van der Waals surface area contributed by atoms with Crippen molar-refractivity contribution in [1.82, 2.24) is 0 Å². The molecule has 2 heteroatoms. The summed E-state index contributed by atoms with van der Waals surface area (Å²) in [7, 11) is 0. The minimum atomic E-state index is 0.0948. The topological polar surface area (TPSA) is 47.6 Å². The van der Waals surface area contributed by atoms with E-state index in [1.54, 1.807) is 0 Å². The van der Waals surface area contributed by atoms with E-state index in [1.807, 2.05) is 13.8 Å². The summed E-state index contributed by atoms with van der Waals surface area (Å²) >= 11 is 0. The molecule has 0 rings (SSSR count). The van der Waals surface area contributed by atoms with E-state index in [-0.39, 0.29) is 11.8 Å². The SMILES string of the molecule is CCC(C#N)CCC(C)C#N. The van der Waals surface area contributed by atoms with Crippen LogP contribution in [-0.2, 0) is 0 Å². The van der Waals surface area contributed by atoms with Crippen LogP contribution in [0, 0.1) is 34.5 Å². The molecule has 11 heavy (non-hydrogen) atoms. The third-order valence-electron chi connectivity index (χ3n) is 1.84. The average Bonchev–Trinajstić information content (AvgIpc) is 2.06.